The van der Waals surface area contributed by atoms with Crippen molar-refractivity contribution in [3.63, 3.8) is 0 Å². The van der Waals surface area contributed by atoms with Crippen LogP contribution in [0, 0.1) is 0 Å². The highest BCUT2D eigenvalue weighted by Gasteiger charge is 2.34. The van der Waals surface area contributed by atoms with Crippen LogP contribution in [0.2, 0.25) is 0 Å². The Morgan fingerprint density at radius 2 is 1.04 bits per heavy atom. The Morgan fingerprint density at radius 3 is 1.46 bits per heavy atom. The first-order valence-electron chi connectivity index (χ1n) is 24.0. The number of fused-ring (bicyclic) bond motifs is 2. The number of para-hydroxylation sites is 2. The van der Waals surface area contributed by atoms with Crippen LogP contribution in [0.4, 0.5) is 51.1 Å². The van der Waals surface area contributed by atoms with Crippen molar-refractivity contribution >= 4 is 86.0 Å². The van der Waals surface area contributed by atoms with Crippen molar-refractivity contribution in [2.45, 2.75) is 38.5 Å². The van der Waals surface area contributed by atoms with Crippen LogP contribution in [-0.2, 0) is 14.3 Å². The number of rotatable bonds is 14. The first kappa shape index (κ1) is 49.7. The second-order valence-electron chi connectivity index (χ2n) is 18.8. The lowest BCUT2D eigenvalue weighted by molar-refractivity contribution is -0.112. The minimum atomic E-state index is -0.508. The number of pyridine rings is 2. The molecule has 3 amide bonds. The largest absolute Gasteiger partial charge is 0.444 e. The summed E-state index contributed by atoms with van der Waals surface area (Å²) in [5, 5.41) is 20.6. The molecule has 6 heterocycles. The second kappa shape index (κ2) is 22.0. The van der Waals surface area contributed by atoms with Gasteiger partial charge in [0.25, 0.3) is 0 Å². The summed E-state index contributed by atoms with van der Waals surface area (Å²) in [5.41, 5.74) is 7.70. The number of likely N-dealkylation sites (N-methyl/N-ethyl adjacent to an activating group) is 1. The van der Waals surface area contributed by atoms with Gasteiger partial charge in [-0.1, -0.05) is 73.8 Å². The molecule has 0 radical (unpaired) electrons. The van der Waals surface area contributed by atoms with Crippen LogP contribution in [-0.4, -0.2) is 109 Å². The molecule has 0 spiro atoms. The monoisotopic (exact) mass is 988 g/mol. The maximum atomic E-state index is 12.1. The Kier molecular flexibility index (Phi) is 14.8. The van der Waals surface area contributed by atoms with E-state index < -0.39 is 5.60 Å². The van der Waals surface area contributed by atoms with Crippen molar-refractivity contribution in [1.29, 1.82) is 0 Å². The maximum absolute atomic E-state index is 12.1. The third-order valence-corrected chi connectivity index (χ3v) is 11.8. The number of likely N-dealkylation sites (tertiary alicyclic amines) is 2. The lowest BCUT2D eigenvalue weighted by atomic mass is 10.0. The predicted molar refractivity (Wildman–Crippen MR) is 293 cm³/mol. The second-order valence-corrected chi connectivity index (χ2v) is 18.8. The van der Waals surface area contributed by atoms with E-state index in [1.165, 1.54) is 12.2 Å². The van der Waals surface area contributed by atoms with Gasteiger partial charge in [0, 0.05) is 71.8 Å². The van der Waals surface area contributed by atoms with Gasteiger partial charge < -0.3 is 46.4 Å². The third-order valence-electron chi connectivity index (χ3n) is 11.8. The molecular formula is C56H56N14O4. The van der Waals surface area contributed by atoms with E-state index in [1.54, 1.807) is 29.7 Å². The minimum Gasteiger partial charge on any atom is -0.444 e. The normalized spacial score (nSPS) is 13.5. The number of benzene rings is 4. The summed E-state index contributed by atoms with van der Waals surface area (Å²) in [4.78, 5) is 67.0. The Morgan fingerprint density at radius 1 is 0.581 bits per heavy atom. The van der Waals surface area contributed by atoms with Gasteiger partial charge in [-0.15, -0.1) is 0 Å². The average molecular weight is 989 g/mol. The molecule has 18 heteroatoms. The Balaban J connectivity index is 0.000000184. The summed E-state index contributed by atoms with van der Waals surface area (Å²) in [6.45, 7) is 15.8. The van der Waals surface area contributed by atoms with E-state index in [0.29, 0.717) is 48.2 Å². The van der Waals surface area contributed by atoms with Gasteiger partial charge in [0.1, 0.15) is 17.2 Å². The molecule has 2 aliphatic heterocycles. The lowest BCUT2D eigenvalue weighted by Gasteiger charge is -2.40. The number of amides is 3. The molecule has 0 saturated carbocycles. The molecule has 2 aliphatic rings. The predicted octanol–water partition coefficient (Wildman–Crippen LogP) is 9.88. The molecular weight excluding hydrogens is 933 g/mol. The van der Waals surface area contributed by atoms with Gasteiger partial charge in [-0.25, -0.2) is 34.7 Å². The Bertz CT molecular complexity index is 3350. The highest BCUT2D eigenvalue weighted by Crippen LogP contribution is 2.32. The molecule has 0 atom stereocenters. The number of hydrogen-bond acceptors (Lipinski definition) is 15. The highest BCUT2D eigenvalue weighted by atomic mass is 16.6. The number of nitrogens with zero attached hydrogens (tertiary/aromatic N) is 8. The standard InChI is InChI=1S/C30H31N7O3.C26H25N7O/c1-5-26(38)34-21-10-6-8-19(14-21)24-11-7-9-20-15-32-28(36-27(20)24)35-22-12-13-25(31-16-22)33-23-17-37(18-23)29(39)40-30(2,3)4;1-3-24(34)30-19-8-4-6-17(12-19)22-9-5-7-18-13-28-26(32-25(18)22)31-20-10-11-23(27-14-20)29-21-15-33(2)16-21/h5-16,23H,1,17-18H2,2-4H3,(H,31,33)(H,34,38)(H,32,35,36);3-14,21H,1,15-16H2,2H3,(H,27,29)(H,30,34)(H,28,31,32). The topological polar surface area (TPSA) is 216 Å². The zero-order chi connectivity index (χ0) is 51.8. The van der Waals surface area contributed by atoms with Gasteiger partial charge in [-0.2, -0.15) is 0 Å². The van der Waals surface area contributed by atoms with Crippen molar-refractivity contribution < 1.29 is 19.1 Å². The fourth-order valence-electron chi connectivity index (χ4n) is 8.23. The number of aromatic nitrogens is 6. The van der Waals surface area contributed by atoms with Gasteiger partial charge in [0.2, 0.25) is 23.7 Å². The van der Waals surface area contributed by atoms with Gasteiger partial charge >= 0.3 is 6.09 Å². The van der Waals surface area contributed by atoms with Crippen LogP contribution < -0.4 is 31.9 Å². The fourth-order valence-corrected chi connectivity index (χ4v) is 8.23. The van der Waals surface area contributed by atoms with Gasteiger partial charge in [0.05, 0.1) is 46.9 Å². The van der Waals surface area contributed by atoms with Crippen LogP contribution in [0.15, 0.2) is 159 Å². The summed E-state index contributed by atoms with van der Waals surface area (Å²) < 4.78 is 5.40. The molecule has 6 N–H and O–H groups in total. The lowest BCUT2D eigenvalue weighted by Crippen LogP contribution is -2.58. The van der Waals surface area contributed by atoms with Crippen LogP contribution in [0.1, 0.15) is 20.8 Å². The number of carbonyl (C=O) groups excluding carboxylic acids is 3. The number of carbonyl (C=O) groups is 3. The first-order valence-corrected chi connectivity index (χ1v) is 24.0. The molecule has 74 heavy (non-hydrogen) atoms. The quantitative estimate of drug-likeness (QED) is 0.0559. The van der Waals surface area contributed by atoms with Crippen LogP contribution in [0.5, 0.6) is 0 Å². The van der Waals surface area contributed by atoms with E-state index in [-0.39, 0.29) is 23.9 Å². The number of ether oxygens (including phenoxy) is 1. The van der Waals surface area contributed by atoms with Crippen molar-refractivity contribution in [3.8, 4) is 22.3 Å². The van der Waals surface area contributed by atoms with Gasteiger partial charge in [-0.3, -0.25) is 9.59 Å². The number of nitrogens with one attached hydrogen (secondary N) is 6. The van der Waals surface area contributed by atoms with E-state index in [4.69, 9.17) is 14.7 Å². The highest BCUT2D eigenvalue weighted by molar-refractivity contribution is 6.01. The molecule has 8 aromatic rings. The van der Waals surface area contributed by atoms with Crippen molar-refractivity contribution in [2.24, 2.45) is 0 Å². The van der Waals surface area contributed by atoms with E-state index in [9.17, 15) is 14.4 Å². The zero-order valence-electron chi connectivity index (χ0n) is 41.5. The number of hydrogen-bond donors (Lipinski definition) is 6. The van der Waals surface area contributed by atoms with Crippen LogP contribution in [0.25, 0.3) is 44.1 Å². The van der Waals surface area contributed by atoms with E-state index in [0.717, 1.165) is 74.3 Å². The third kappa shape index (κ3) is 12.6. The van der Waals surface area contributed by atoms with Gasteiger partial charge in [-0.05, 0) is 99.6 Å². The minimum absolute atomic E-state index is 0.115. The van der Waals surface area contributed by atoms with Crippen LogP contribution in [0.3, 0.4) is 0 Å². The summed E-state index contributed by atoms with van der Waals surface area (Å²) in [6, 6.07) is 35.3. The van der Waals surface area contributed by atoms with Crippen molar-refractivity contribution in [3.05, 3.63) is 159 Å². The van der Waals surface area contributed by atoms with Crippen molar-refractivity contribution in [2.75, 3.05) is 65.1 Å². The molecule has 2 saturated heterocycles. The molecule has 10 rings (SSSR count). The molecule has 18 nitrogen and oxygen atoms in total. The molecule has 0 aliphatic carbocycles. The van der Waals surface area contributed by atoms with Crippen molar-refractivity contribution in [1.82, 2.24) is 39.7 Å². The molecule has 0 unspecified atom stereocenters. The maximum Gasteiger partial charge on any atom is 0.410 e. The molecule has 4 aromatic heterocycles. The summed E-state index contributed by atoms with van der Waals surface area (Å²) >= 11 is 0. The molecule has 4 aromatic carbocycles. The smallest absolute Gasteiger partial charge is 0.410 e. The molecule has 0 bridgehead atoms. The first-order chi connectivity index (χ1) is 35.7. The SMILES string of the molecule is C=CC(=O)Nc1cccc(-c2cccc3cnc(Nc4ccc(NC5CN(C(=O)OC(C)(C)C)C5)nc4)nc23)c1.C=CC(=O)Nc1cccc(-c2cccc3cnc(Nc4ccc(NC5CN(C)C5)nc4)nc23)c1. The Hall–Kier alpha value is -9.29. The van der Waals surface area contributed by atoms with E-state index in [2.05, 4.69) is 76.9 Å². The molecule has 2 fully saturated rings. The van der Waals surface area contributed by atoms with Gasteiger partial charge in [0.15, 0.2) is 0 Å². The summed E-state index contributed by atoms with van der Waals surface area (Å²) in [6.07, 6.45) is 9.24. The average Bonchev–Trinajstić information content (AvgIpc) is 3.37. The summed E-state index contributed by atoms with van der Waals surface area (Å²) in [5.74, 6) is 1.97. The van der Waals surface area contributed by atoms with E-state index in [1.807, 2.05) is 130 Å². The van der Waals surface area contributed by atoms with E-state index >= 15 is 0 Å². The number of anilines is 8. The molecule has 374 valence electrons. The van der Waals surface area contributed by atoms with Crippen LogP contribution >= 0.6 is 0 Å². The fraction of sp³-hybridized carbons (Fsp3) is 0.196. The Labute approximate surface area is 428 Å². The zero-order valence-corrected chi connectivity index (χ0v) is 41.5. The summed E-state index contributed by atoms with van der Waals surface area (Å²) in [7, 11) is 2.10.